The highest BCUT2D eigenvalue weighted by Gasteiger charge is 2.34. The van der Waals surface area contributed by atoms with E-state index in [4.69, 9.17) is 33.6 Å². The number of anilines is 1. The highest BCUT2D eigenvalue weighted by Crippen LogP contribution is 2.38. The Morgan fingerprint density at radius 3 is 2.43 bits per heavy atom. The molecule has 6 nitrogen and oxygen atoms in total. The van der Waals surface area contributed by atoms with E-state index in [2.05, 4.69) is 0 Å². The molecule has 9 heteroatoms. The van der Waals surface area contributed by atoms with Gasteiger partial charge in [-0.05, 0) is 12.1 Å². The fraction of sp³-hybridized carbons (Fsp3) is 0.333. The van der Waals surface area contributed by atoms with Gasteiger partial charge in [0.2, 0.25) is 15.9 Å². The fourth-order valence-corrected chi connectivity index (χ4v) is 3.90. The number of amides is 1. The van der Waals surface area contributed by atoms with E-state index in [0.717, 1.165) is 0 Å². The Labute approximate surface area is 132 Å². The van der Waals surface area contributed by atoms with Gasteiger partial charge in [0.15, 0.2) is 0 Å². The van der Waals surface area contributed by atoms with E-state index in [1.165, 1.54) is 17.0 Å². The lowest BCUT2D eigenvalue weighted by Crippen LogP contribution is -2.28. The summed E-state index contributed by atoms with van der Waals surface area (Å²) >= 11 is 12.1. The van der Waals surface area contributed by atoms with E-state index in [1.54, 1.807) is 0 Å². The van der Waals surface area contributed by atoms with Gasteiger partial charge in [-0.3, -0.25) is 4.79 Å². The van der Waals surface area contributed by atoms with Crippen LogP contribution in [-0.4, -0.2) is 26.6 Å². The first-order chi connectivity index (χ1) is 9.71. The first kappa shape index (κ1) is 16.0. The molecule has 1 unspecified atom stereocenters. The Hall–Kier alpha value is -1.33. The third-order valence-corrected chi connectivity index (χ3v) is 4.60. The predicted molar refractivity (Wildman–Crippen MR) is 79.6 cm³/mol. The summed E-state index contributed by atoms with van der Waals surface area (Å²) < 4.78 is 22.2. The molecule has 1 saturated heterocycles. The number of rotatable bonds is 3. The van der Waals surface area contributed by atoms with Crippen LogP contribution in [0.15, 0.2) is 12.1 Å². The van der Waals surface area contributed by atoms with Crippen molar-refractivity contribution in [1.29, 1.82) is 5.26 Å². The van der Waals surface area contributed by atoms with Crippen molar-refractivity contribution in [2.75, 3.05) is 17.2 Å². The van der Waals surface area contributed by atoms with Crippen molar-refractivity contribution in [3.8, 4) is 6.07 Å². The van der Waals surface area contributed by atoms with Crippen LogP contribution in [-0.2, 0) is 14.8 Å². The van der Waals surface area contributed by atoms with Crippen molar-refractivity contribution < 1.29 is 13.2 Å². The van der Waals surface area contributed by atoms with Gasteiger partial charge in [0.1, 0.15) is 0 Å². The Balaban J connectivity index is 2.32. The molecule has 1 atom stereocenters. The van der Waals surface area contributed by atoms with Crippen LogP contribution in [0, 0.1) is 17.2 Å². The standard InChI is InChI=1S/C12H11Cl2N3O3S/c13-9-1-7(4-15)2-10(14)12(9)17-5-8(3-11(17)18)6-21(16,19)20/h1-2,8H,3,5-6H2,(H2,16,19,20). The van der Waals surface area contributed by atoms with Gasteiger partial charge in [0, 0.05) is 18.9 Å². The van der Waals surface area contributed by atoms with Crippen LogP contribution in [0.25, 0.3) is 0 Å². The van der Waals surface area contributed by atoms with Crippen LogP contribution in [0.2, 0.25) is 10.0 Å². The van der Waals surface area contributed by atoms with Gasteiger partial charge in [0.25, 0.3) is 0 Å². The number of hydrogen-bond donors (Lipinski definition) is 1. The minimum absolute atomic E-state index is 0.0586. The molecule has 1 fully saturated rings. The number of halogens is 2. The van der Waals surface area contributed by atoms with Crippen molar-refractivity contribution in [1.82, 2.24) is 0 Å². The molecule has 1 aromatic carbocycles. The predicted octanol–water partition coefficient (Wildman–Crippen LogP) is 1.51. The number of benzene rings is 1. The summed E-state index contributed by atoms with van der Waals surface area (Å²) in [6.07, 6.45) is 0.0586. The van der Waals surface area contributed by atoms with Crippen LogP contribution in [0.1, 0.15) is 12.0 Å². The normalized spacial score (nSPS) is 18.9. The molecule has 1 aromatic rings. The molecule has 0 bridgehead atoms. The van der Waals surface area contributed by atoms with Crippen LogP contribution in [0.3, 0.4) is 0 Å². The average molecular weight is 348 g/mol. The maximum atomic E-state index is 12.0. The van der Waals surface area contributed by atoms with Crippen molar-refractivity contribution >= 4 is 44.8 Å². The van der Waals surface area contributed by atoms with E-state index in [1.807, 2.05) is 6.07 Å². The van der Waals surface area contributed by atoms with Gasteiger partial charge in [-0.2, -0.15) is 5.26 Å². The van der Waals surface area contributed by atoms with Crippen molar-refractivity contribution in [3.63, 3.8) is 0 Å². The van der Waals surface area contributed by atoms with Crippen molar-refractivity contribution in [2.24, 2.45) is 11.1 Å². The highest BCUT2D eigenvalue weighted by molar-refractivity contribution is 7.89. The molecule has 2 N–H and O–H groups in total. The number of carbonyl (C=O) groups excluding carboxylic acids is 1. The van der Waals surface area contributed by atoms with Gasteiger partial charge in [-0.15, -0.1) is 0 Å². The fourth-order valence-electron chi connectivity index (χ4n) is 2.33. The van der Waals surface area contributed by atoms with Gasteiger partial charge >= 0.3 is 0 Å². The smallest absolute Gasteiger partial charge is 0.227 e. The van der Waals surface area contributed by atoms with Gasteiger partial charge in [-0.1, -0.05) is 23.2 Å². The summed E-state index contributed by atoms with van der Waals surface area (Å²) in [6.45, 7) is 0.167. The van der Waals surface area contributed by atoms with Crippen LogP contribution >= 0.6 is 23.2 Å². The largest absolute Gasteiger partial charge is 0.309 e. The van der Waals surface area contributed by atoms with E-state index in [0.29, 0.717) is 5.69 Å². The zero-order valence-corrected chi connectivity index (χ0v) is 13.0. The van der Waals surface area contributed by atoms with Crippen molar-refractivity contribution in [3.05, 3.63) is 27.7 Å². The first-order valence-electron chi connectivity index (χ1n) is 5.91. The van der Waals surface area contributed by atoms with E-state index >= 15 is 0 Å². The summed E-state index contributed by atoms with van der Waals surface area (Å²) in [7, 11) is -3.66. The highest BCUT2D eigenvalue weighted by atomic mass is 35.5. The van der Waals surface area contributed by atoms with E-state index in [9.17, 15) is 13.2 Å². The molecule has 1 aliphatic heterocycles. The molecule has 2 rings (SSSR count). The summed E-state index contributed by atoms with van der Waals surface area (Å²) in [6, 6.07) is 4.72. The number of nitrogens with zero attached hydrogens (tertiary/aromatic N) is 2. The number of carbonyl (C=O) groups is 1. The molecular formula is C12H11Cl2N3O3S. The Bertz CT molecular complexity index is 720. The second kappa shape index (κ2) is 5.81. The lowest BCUT2D eigenvalue weighted by atomic mass is 10.1. The maximum absolute atomic E-state index is 12.0. The molecular weight excluding hydrogens is 337 g/mol. The number of hydrogen-bond acceptors (Lipinski definition) is 4. The Morgan fingerprint density at radius 1 is 1.38 bits per heavy atom. The monoisotopic (exact) mass is 347 g/mol. The molecule has 0 spiro atoms. The quantitative estimate of drug-likeness (QED) is 0.894. The zero-order chi connectivity index (χ0) is 15.8. The lowest BCUT2D eigenvalue weighted by molar-refractivity contribution is -0.117. The minimum Gasteiger partial charge on any atom is -0.309 e. The molecule has 21 heavy (non-hydrogen) atoms. The minimum atomic E-state index is -3.66. The third-order valence-electron chi connectivity index (χ3n) is 3.09. The molecule has 112 valence electrons. The van der Waals surface area contributed by atoms with E-state index in [-0.39, 0.29) is 40.2 Å². The molecule has 0 radical (unpaired) electrons. The van der Waals surface area contributed by atoms with Crippen molar-refractivity contribution in [2.45, 2.75) is 6.42 Å². The number of nitriles is 1. The molecule has 1 heterocycles. The first-order valence-corrected chi connectivity index (χ1v) is 8.38. The maximum Gasteiger partial charge on any atom is 0.227 e. The molecule has 1 amide bonds. The number of sulfonamides is 1. The lowest BCUT2D eigenvalue weighted by Gasteiger charge is -2.19. The second-order valence-corrected chi connectivity index (χ2v) is 7.28. The Kier molecular flexibility index (Phi) is 4.44. The third kappa shape index (κ3) is 3.66. The van der Waals surface area contributed by atoms with Gasteiger partial charge < -0.3 is 4.90 Å². The molecule has 0 saturated carbocycles. The SMILES string of the molecule is N#Cc1cc(Cl)c(N2CC(CS(N)(=O)=O)CC2=O)c(Cl)c1. The summed E-state index contributed by atoms with van der Waals surface area (Å²) in [5.41, 5.74) is 0.570. The average Bonchev–Trinajstić information content (AvgIpc) is 2.66. The molecule has 0 aromatic heterocycles. The molecule has 0 aliphatic carbocycles. The topological polar surface area (TPSA) is 104 Å². The van der Waals surface area contributed by atoms with Gasteiger partial charge in [0.05, 0.1) is 33.1 Å². The number of nitrogens with two attached hydrogens (primary N) is 1. The molecule has 1 aliphatic rings. The summed E-state index contributed by atoms with van der Waals surface area (Å²) in [4.78, 5) is 13.4. The van der Waals surface area contributed by atoms with Gasteiger partial charge in [-0.25, -0.2) is 13.6 Å². The summed E-state index contributed by atoms with van der Waals surface area (Å²) in [5, 5.41) is 14.2. The zero-order valence-electron chi connectivity index (χ0n) is 10.7. The van der Waals surface area contributed by atoms with Crippen LogP contribution in [0.5, 0.6) is 0 Å². The second-order valence-electron chi connectivity index (χ2n) is 4.80. The Morgan fingerprint density at radius 2 is 1.95 bits per heavy atom. The van der Waals surface area contributed by atoms with Crippen LogP contribution < -0.4 is 10.0 Å². The van der Waals surface area contributed by atoms with Crippen LogP contribution in [0.4, 0.5) is 5.69 Å². The van der Waals surface area contributed by atoms with E-state index < -0.39 is 15.9 Å². The number of primary sulfonamides is 1. The summed E-state index contributed by atoms with van der Waals surface area (Å²) in [5.74, 6) is -0.965.